The van der Waals surface area contributed by atoms with Crippen molar-refractivity contribution in [3.63, 3.8) is 0 Å². The fourth-order valence-corrected chi connectivity index (χ4v) is 3.67. The van der Waals surface area contributed by atoms with Gasteiger partial charge >= 0.3 is 0 Å². The van der Waals surface area contributed by atoms with E-state index in [4.69, 9.17) is 4.74 Å². The van der Waals surface area contributed by atoms with Gasteiger partial charge in [-0.05, 0) is 31.4 Å². The molecule has 1 heterocycles. The van der Waals surface area contributed by atoms with Crippen molar-refractivity contribution >= 4 is 22.4 Å². The second-order valence-corrected chi connectivity index (χ2v) is 8.02. The average Bonchev–Trinajstić information content (AvgIpc) is 3.01. The number of nitrogens with zero attached hydrogens (tertiary/aromatic N) is 1. The number of aryl methyl sites for hydroxylation is 2. The van der Waals surface area contributed by atoms with E-state index >= 15 is 0 Å². The first-order chi connectivity index (χ1) is 12.9. The quantitative estimate of drug-likeness (QED) is 0.608. The summed E-state index contributed by atoms with van der Waals surface area (Å²) in [5.74, 6) is 0.874. The third kappa shape index (κ3) is 4.74. The summed E-state index contributed by atoms with van der Waals surface area (Å²) in [6, 6.07) is 16.0. The van der Waals surface area contributed by atoms with E-state index in [0.29, 0.717) is 11.0 Å². The monoisotopic (exact) mass is 380 g/mol. The van der Waals surface area contributed by atoms with Gasteiger partial charge in [0.2, 0.25) is 0 Å². The lowest BCUT2D eigenvalue weighted by Gasteiger charge is -2.13. The highest BCUT2D eigenvalue weighted by Gasteiger charge is 2.13. The van der Waals surface area contributed by atoms with Gasteiger partial charge in [-0.2, -0.15) is 0 Å². The Bertz CT molecular complexity index is 930. The zero-order valence-corrected chi connectivity index (χ0v) is 16.9. The van der Waals surface area contributed by atoms with E-state index in [9.17, 15) is 4.79 Å². The van der Waals surface area contributed by atoms with E-state index in [0.717, 1.165) is 27.4 Å². The molecule has 0 aliphatic heterocycles. The lowest BCUT2D eigenvalue weighted by molar-refractivity contribution is -0.118. The van der Waals surface area contributed by atoms with Gasteiger partial charge in [0, 0.05) is 10.4 Å². The maximum Gasteiger partial charge on any atom is 0.264 e. The third-order valence-electron chi connectivity index (χ3n) is 4.27. The van der Waals surface area contributed by atoms with Gasteiger partial charge in [0.25, 0.3) is 5.91 Å². The molecular formula is C22H24N2O2S. The topological polar surface area (TPSA) is 51.2 Å². The zero-order valence-electron chi connectivity index (χ0n) is 16.1. The number of rotatable bonds is 6. The molecule has 0 bridgehead atoms. The van der Waals surface area contributed by atoms with Crippen molar-refractivity contribution in [1.29, 1.82) is 0 Å². The van der Waals surface area contributed by atoms with E-state index in [1.807, 2.05) is 31.2 Å². The molecule has 5 heteroatoms. The Labute approximate surface area is 164 Å². The van der Waals surface area contributed by atoms with Crippen LogP contribution in [0.15, 0.2) is 48.5 Å². The van der Waals surface area contributed by atoms with Crippen LogP contribution in [0.3, 0.4) is 0 Å². The summed E-state index contributed by atoms with van der Waals surface area (Å²) in [7, 11) is 0. The number of amides is 1. The number of nitrogens with one attached hydrogen (secondary N) is 1. The molecule has 2 aromatic carbocycles. The standard InChI is InChI=1S/C22H24N2O2S/c1-14(2)18-7-5-6-8-19(18)26-13-20(25)23-22-24-21(16(4)27-22)17-11-9-15(3)10-12-17/h5-12,14H,13H2,1-4H3,(H,23,24,25). The molecule has 3 rings (SSSR count). The summed E-state index contributed by atoms with van der Waals surface area (Å²) in [5, 5.41) is 3.44. The van der Waals surface area contributed by atoms with Crippen molar-refractivity contribution in [3.8, 4) is 17.0 Å². The van der Waals surface area contributed by atoms with Crippen LogP contribution in [0.4, 0.5) is 5.13 Å². The Hall–Kier alpha value is -2.66. The van der Waals surface area contributed by atoms with Crippen molar-refractivity contribution in [3.05, 3.63) is 64.5 Å². The van der Waals surface area contributed by atoms with E-state index in [-0.39, 0.29) is 12.5 Å². The van der Waals surface area contributed by atoms with Crippen LogP contribution in [0.1, 0.15) is 35.8 Å². The lowest BCUT2D eigenvalue weighted by atomic mass is 10.0. The van der Waals surface area contributed by atoms with Crippen LogP contribution in [-0.2, 0) is 4.79 Å². The average molecular weight is 381 g/mol. The minimum atomic E-state index is -0.210. The first-order valence-electron chi connectivity index (χ1n) is 9.00. The number of aromatic nitrogens is 1. The molecule has 0 radical (unpaired) electrons. The van der Waals surface area contributed by atoms with Crippen molar-refractivity contribution in [2.45, 2.75) is 33.6 Å². The van der Waals surface area contributed by atoms with Crippen molar-refractivity contribution in [1.82, 2.24) is 4.98 Å². The van der Waals surface area contributed by atoms with Gasteiger partial charge < -0.3 is 4.74 Å². The molecule has 0 aliphatic carbocycles. The molecule has 0 saturated heterocycles. The highest BCUT2D eigenvalue weighted by molar-refractivity contribution is 7.16. The first-order valence-corrected chi connectivity index (χ1v) is 9.81. The minimum absolute atomic E-state index is 0.0395. The van der Waals surface area contributed by atoms with Gasteiger partial charge in [-0.15, -0.1) is 11.3 Å². The predicted octanol–water partition coefficient (Wildman–Crippen LogP) is 5.57. The van der Waals surface area contributed by atoms with Gasteiger partial charge in [0.15, 0.2) is 11.7 Å². The fraction of sp³-hybridized carbons (Fsp3) is 0.273. The zero-order chi connectivity index (χ0) is 19.4. The normalized spacial score (nSPS) is 10.9. The number of ether oxygens (including phenoxy) is 1. The first kappa shape index (κ1) is 19.1. The Morgan fingerprint density at radius 1 is 1.11 bits per heavy atom. The number of para-hydroxylation sites is 1. The Balaban J connectivity index is 1.65. The molecule has 1 amide bonds. The number of benzene rings is 2. The Morgan fingerprint density at radius 3 is 2.52 bits per heavy atom. The third-order valence-corrected chi connectivity index (χ3v) is 5.15. The van der Waals surface area contributed by atoms with Crippen LogP contribution in [0.2, 0.25) is 0 Å². The molecular weight excluding hydrogens is 356 g/mol. The molecule has 1 N–H and O–H groups in total. The van der Waals surface area contributed by atoms with E-state index in [1.165, 1.54) is 16.9 Å². The molecule has 1 aromatic heterocycles. The number of anilines is 1. The summed E-state index contributed by atoms with van der Waals surface area (Å²) in [6.07, 6.45) is 0. The van der Waals surface area contributed by atoms with Crippen LogP contribution in [0.25, 0.3) is 11.3 Å². The largest absolute Gasteiger partial charge is 0.483 e. The van der Waals surface area contributed by atoms with Gasteiger partial charge in [-0.3, -0.25) is 10.1 Å². The lowest BCUT2D eigenvalue weighted by Crippen LogP contribution is -2.20. The number of hydrogen-bond donors (Lipinski definition) is 1. The van der Waals surface area contributed by atoms with Crippen LogP contribution in [-0.4, -0.2) is 17.5 Å². The summed E-state index contributed by atoms with van der Waals surface area (Å²) in [5.41, 5.74) is 4.26. The molecule has 27 heavy (non-hydrogen) atoms. The second kappa shape index (κ2) is 8.35. The molecule has 0 unspecified atom stereocenters. The van der Waals surface area contributed by atoms with E-state index in [2.05, 4.69) is 55.3 Å². The molecule has 140 valence electrons. The van der Waals surface area contributed by atoms with E-state index in [1.54, 1.807) is 0 Å². The second-order valence-electron chi connectivity index (χ2n) is 6.82. The van der Waals surface area contributed by atoms with Crippen molar-refractivity contribution in [2.24, 2.45) is 0 Å². The molecule has 4 nitrogen and oxygen atoms in total. The Kier molecular flexibility index (Phi) is 5.91. The summed E-state index contributed by atoms with van der Waals surface area (Å²) >= 11 is 1.47. The van der Waals surface area contributed by atoms with Gasteiger partial charge in [0.05, 0.1) is 5.69 Å². The van der Waals surface area contributed by atoms with Crippen LogP contribution in [0.5, 0.6) is 5.75 Å². The molecule has 0 aliphatic rings. The van der Waals surface area contributed by atoms with Gasteiger partial charge in [-0.25, -0.2) is 4.98 Å². The maximum atomic E-state index is 12.3. The highest BCUT2D eigenvalue weighted by atomic mass is 32.1. The Morgan fingerprint density at radius 2 is 1.81 bits per heavy atom. The molecule has 3 aromatic rings. The SMILES string of the molecule is Cc1ccc(-c2nc(NC(=O)COc3ccccc3C(C)C)sc2C)cc1. The van der Waals surface area contributed by atoms with Gasteiger partial charge in [0.1, 0.15) is 5.75 Å². The number of carbonyl (C=O) groups excluding carboxylic acids is 1. The van der Waals surface area contributed by atoms with Crippen LogP contribution in [0, 0.1) is 13.8 Å². The number of hydrogen-bond acceptors (Lipinski definition) is 4. The highest BCUT2D eigenvalue weighted by Crippen LogP contribution is 2.30. The van der Waals surface area contributed by atoms with Crippen molar-refractivity contribution in [2.75, 3.05) is 11.9 Å². The number of carbonyl (C=O) groups is 1. The molecule has 0 saturated carbocycles. The predicted molar refractivity (Wildman–Crippen MR) is 112 cm³/mol. The molecule has 0 spiro atoms. The minimum Gasteiger partial charge on any atom is -0.483 e. The summed E-state index contributed by atoms with van der Waals surface area (Å²) in [4.78, 5) is 18.0. The summed E-state index contributed by atoms with van der Waals surface area (Å²) in [6.45, 7) is 8.24. The van der Waals surface area contributed by atoms with Gasteiger partial charge in [-0.1, -0.05) is 61.9 Å². The molecule has 0 fully saturated rings. The molecule has 0 atom stereocenters. The van der Waals surface area contributed by atoms with Crippen LogP contribution < -0.4 is 10.1 Å². The maximum absolute atomic E-state index is 12.3. The van der Waals surface area contributed by atoms with E-state index < -0.39 is 0 Å². The van der Waals surface area contributed by atoms with Crippen molar-refractivity contribution < 1.29 is 9.53 Å². The smallest absolute Gasteiger partial charge is 0.264 e. The summed E-state index contributed by atoms with van der Waals surface area (Å²) < 4.78 is 5.73. The number of thiazole rings is 1. The fourth-order valence-electron chi connectivity index (χ4n) is 2.82. The van der Waals surface area contributed by atoms with Crippen LogP contribution >= 0.6 is 11.3 Å².